The fourth-order valence-electron chi connectivity index (χ4n) is 4.36. The molecule has 3 amide bonds. The number of nitrogens with zero attached hydrogens (tertiary/aromatic N) is 1. The molecular weight excluding hydrogens is 444 g/mol. The molecule has 1 aliphatic heterocycles. The lowest BCUT2D eigenvalue weighted by molar-refractivity contribution is 0.0416. The highest BCUT2D eigenvalue weighted by Crippen LogP contribution is 2.30. The minimum Gasteiger partial charge on any atom is -0.488 e. The van der Waals surface area contributed by atoms with Gasteiger partial charge in [0.25, 0.3) is 5.91 Å². The number of nitrogens with one attached hydrogen (secondary N) is 3. The topological polar surface area (TPSA) is 103 Å². The lowest BCUT2D eigenvalue weighted by Crippen LogP contribution is -2.49. The highest BCUT2D eigenvalue weighted by atomic mass is 16.5. The standard InChI is InChI=1S/C27H32N4O4/c1-17-15-31(18(2)16-32)26(33)22-13-20(11-12-24(22)35-25(17)14-28-3)29-27(34)30-23-10-6-8-19-7-4-5-9-21(19)23/h4-13,17-18,25,28,32H,14-16H2,1-3H3,(H2,29,30,34)/t17-,18-,25-/m0/s1. The van der Waals surface area contributed by atoms with Crippen molar-refractivity contribution in [3.8, 4) is 5.75 Å². The molecule has 3 aromatic carbocycles. The average Bonchev–Trinajstić information content (AvgIpc) is 2.86. The third-order valence-electron chi connectivity index (χ3n) is 6.37. The first-order chi connectivity index (χ1) is 16.9. The van der Waals surface area contributed by atoms with Gasteiger partial charge in [-0.15, -0.1) is 0 Å². The molecule has 1 heterocycles. The third-order valence-corrected chi connectivity index (χ3v) is 6.37. The van der Waals surface area contributed by atoms with Crippen LogP contribution in [0.2, 0.25) is 0 Å². The van der Waals surface area contributed by atoms with Gasteiger partial charge >= 0.3 is 6.03 Å². The predicted octanol–water partition coefficient (Wildman–Crippen LogP) is 3.92. The molecule has 8 heteroatoms. The second kappa shape index (κ2) is 10.8. The van der Waals surface area contributed by atoms with Crippen LogP contribution in [0.3, 0.4) is 0 Å². The van der Waals surface area contributed by atoms with Crippen molar-refractivity contribution in [1.82, 2.24) is 10.2 Å². The highest BCUT2D eigenvalue weighted by Gasteiger charge is 2.32. The summed E-state index contributed by atoms with van der Waals surface area (Å²) in [4.78, 5) is 27.9. The summed E-state index contributed by atoms with van der Waals surface area (Å²) in [6, 6.07) is 17.8. The monoisotopic (exact) mass is 476 g/mol. The van der Waals surface area contributed by atoms with Crippen LogP contribution in [-0.4, -0.2) is 60.8 Å². The SMILES string of the molecule is CNC[C@@H]1Oc2ccc(NC(=O)Nc3cccc4ccccc34)cc2C(=O)N([C@@H](C)CO)C[C@@H]1C. The van der Waals surface area contributed by atoms with E-state index in [9.17, 15) is 14.7 Å². The summed E-state index contributed by atoms with van der Waals surface area (Å²) in [6.45, 7) is 4.77. The number of fused-ring (bicyclic) bond motifs is 2. The molecule has 8 nitrogen and oxygen atoms in total. The van der Waals surface area contributed by atoms with Crippen LogP contribution in [0.15, 0.2) is 60.7 Å². The van der Waals surface area contributed by atoms with Gasteiger partial charge in [-0.05, 0) is 43.6 Å². The molecule has 0 saturated heterocycles. The number of benzene rings is 3. The summed E-state index contributed by atoms with van der Waals surface area (Å²) in [6.07, 6.45) is -0.159. The smallest absolute Gasteiger partial charge is 0.323 e. The molecule has 0 spiro atoms. The molecule has 0 fully saturated rings. The van der Waals surface area contributed by atoms with Crippen LogP contribution in [0.4, 0.5) is 16.2 Å². The summed E-state index contributed by atoms with van der Waals surface area (Å²) in [5.41, 5.74) is 1.51. The molecule has 3 aromatic rings. The summed E-state index contributed by atoms with van der Waals surface area (Å²) < 4.78 is 6.22. The van der Waals surface area contributed by atoms with Gasteiger partial charge in [-0.3, -0.25) is 4.79 Å². The van der Waals surface area contributed by atoms with E-state index in [0.717, 1.165) is 10.8 Å². The van der Waals surface area contributed by atoms with Crippen molar-refractivity contribution >= 4 is 34.1 Å². The molecule has 0 bridgehead atoms. The maximum atomic E-state index is 13.5. The minimum atomic E-state index is -0.414. The molecule has 0 aliphatic carbocycles. The van der Waals surface area contributed by atoms with E-state index in [2.05, 4.69) is 16.0 Å². The summed E-state index contributed by atoms with van der Waals surface area (Å²) in [5, 5.41) is 20.6. The van der Waals surface area contributed by atoms with Crippen LogP contribution in [-0.2, 0) is 0 Å². The van der Waals surface area contributed by atoms with Gasteiger partial charge in [-0.25, -0.2) is 4.79 Å². The molecule has 0 radical (unpaired) electrons. The quantitative estimate of drug-likeness (QED) is 0.432. The van der Waals surface area contributed by atoms with Gasteiger partial charge in [0.15, 0.2) is 0 Å². The van der Waals surface area contributed by atoms with Crippen molar-refractivity contribution in [3.05, 3.63) is 66.2 Å². The summed E-state index contributed by atoms with van der Waals surface area (Å²) in [5.74, 6) is 0.268. The number of rotatable bonds is 6. The van der Waals surface area contributed by atoms with Crippen LogP contribution in [0.25, 0.3) is 10.8 Å². The number of ether oxygens (including phenoxy) is 1. The Morgan fingerprint density at radius 1 is 1.14 bits per heavy atom. The fraction of sp³-hybridized carbons (Fsp3) is 0.333. The van der Waals surface area contributed by atoms with Crippen LogP contribution < -0.4 is 20.7 Å². The molecule has 0 aromatic heterocycles. The van der Waals surface area contributed by atoms with Crippen molar-refractivity contribution in [2.45, 2.75) is 26.0 Å². The Morgan fingerprint density at radius 2 is 1.91 bits per heavy atom. The third kappa shape index (κ3) is 5.39. The molecule has 35 heavy (non-hydrogen) atoms. The molecule has 0 saturated carbocycles. The van der Waals surface area contributed by atoms with Gasteiger partial charge in [0.1, 0.15) is 11.9 Å². The number of amides is 3. The van der Waals surface area contributed by atoms with Crippen molar-refractivity contribution in [1.29, 1.82) is 0 Å². The number of anilines is 2. The fourth-order valence-corrected chi connectivity index (χ4v) is 4.36. The number of carbonyl (C=O) groups is 2. The molecule has 4 rings (SSSR count). The first-order valence-corrected chi connectivity index (χ1v) is 11.8. The number of carbonyl (C=O) groups excluding carboxylic acids is 2. The maximum Gasteiger partial charge on any atom is 0.323 e. The Hall–Kier alpha value is -3.62. The number of aliphatic hydroxyl groups is 1. The van der Waals surface area contributed by atoms with Gasteiger partial charge in [0.2, 0.25) is 0 Å². The average molecular weight is 477 g/mol. The first kappa shape index (κ1) is 24.5. The van der Waals surface area contributed by atoms with Crippen molar-refractivity contribution in [2.75, 3.05) is 37.4 Å². The molecule has 1 aliphatic rings. The van der Waals surface area contributed by atoms with Crippen LogP contribution >= 0.6 is 0 Å². The second-order valence-corrected chi connectivity index (χ2v) is 9.00. The van der Waals surface area contributed by atoms with E-state index in [4.69, 9.17) is 4.74 Å². The van der Waals surface area contributed by atoms with Gasteiger partial charge in [-0.1, -0.05) is 43.3 Å². The Labute approximate surface area is 205 Å². The maximum absolute atomic E-state index is 13.5. The van der Waals surface area contributed by atoms with E-state index >= 15 is 0 Å². The first-order valence-electron chi connectivity index (χ1n) is 11.8. The minimum absolute atomic E-state index is 0.0535. The van der Waals surface area contributed by atoms with Crippen molar-refractivity contribution in [2.24, 2.45) is 5.92 Å². The molecule has 184 valence electrons. The lowest BCUT2D eigenvalue weighted by Gasteiger charge is -2.37. The van der Waals surface area contributed by atoms with Crippen LogP contribution in [0.5, 0.6) is 5.75 Å². The van der Waals surface area contributed by atoms with Gasteiger partial charge in [-0.2, -0.15) is 0 Å². The Bertz CT molecular complexity index is 1210. The number of hydrogen-bond acceptors (Lipinski definition) is 5. The van der Waals surface area contributed by atoms with E-state index in [0.29, 0.717) is 35.8 Å². The zero-order chi connectivity index (χ0) is 24.9. The van der Waals surface area contributed by atoms with E-state index in [1.807, 2.05) is 63.4 Å². The van der Waals surface area contributed by atoms with E-state index in [-0.39, 0.29) is 30.6 Å². The largest absolute Gasteiger partial charge is 0.488 e. The number of aliphatic hydroxyl groups excluding tert-OH is 1. The predicted molar refractivity (Wildman–Crippen MR) is 138 cm³/mol. The molecule has 0 unspecified atom stereocenters. The summed E-state index contributed by atoms with van der Waals surface area (Å²) >= 11 is 0. The van der Waals surface area contributed by atoms with E-state index in [1.54, 1.807) is 23.1 Å². The summed E-state index contributed by atoms with van der Waals surface area (Å²) in [7, 11) is 1.86. The normalized spacial score (nSPS) is 18.7. The van der Waals surface area contributed by atoms with Crippen molar-refractivity contribution < 1.29 is 19.4 Å². The Balaban J connectivity index is 1.60. The Kier molecular flexibility index (Phi) is 7.53. The van der Waals surface area contributed by atoms with Crippen LogP contribution in [0, 0.1) is 5.92 Å². The molecular formula is C27H32N4O4. The van der Waals surface area contributed by atoms with Gasteiger partial charge < -0.3 is 30.7 Å². The zero-order valence-electron chi connectivity index (χ0n) is 20.2. The number of likely N-dealkylation sites (N-methyl/N-ethyl adjacent to an activating group) is 1. The zero-order valence-corrected chi connectivity index (χ0v) is 20.2. The Morgan fingerprint density at radius 3 is 2.69 bits per heavy atom. The highest BCUT2D eigenvalue weighted by molar-refractivity contribution is 6.07. The molecule has 3 atom stereocenters. The van der Waals surface area contributed by atoms with Gasteiger partial charge in [0.05, 0.1) is 23.9 Å². The van der Waals surface area contributed by atoms with E-state index < -0.39 is 6.03 Å². The number of hydrogen-bond donors (Lipinski definition) is 4. The van der Waals surface area contributed by atoms with Crippen molar-refractivity contribution in [3.63, 3.8) is 0 Å². The van der Waals surface area contributed by atoms with E-state index in [1.165, 1.54) is 0 Å². The molecule has 4 N–H and O–H groups in total. The lowest BCUT2D eigenvalue weighted by atomic mass is 9.99. The second-order valence-electron chi connectivity index (χ2n) is 9.00. The van der Waals surface area contributed by atoms with Gasteiger partial charge in [0, 0.05) is 30.1 Å². The van der Waals surface area contributed by atoms with Crippen LogP contribution in [0.1, 0.15) is 24.2 Å². The number of urea groups is 1.